The second-order valence-electron chi connectivity index (χ2n) is 7.02. The van der Waals surface area contributed by atoms with E-state index >= 15 is 0 Å². The summed E-state index contributed by atoms with van der Waals surface area (Å²) in [5, 5.41) is 5.85. The van der Waals surface area contributed by atoms with Gasteiger partial charge in [0.15, 0.2) is 5.96 Å². The summed E-state index contributed by atoms with van der Waals surface area (Å²) in [7, 11) is 0. The Kier molecular flexibility index (Phi) is 8.30. The van der Waals surface area contributed by atoms with Gasteiger partial charge in [-0.05, 0) is 30.7 Å². The number of ether oxygens (including phenoxy) is 1. The Morgan fingerprint density at radius 1 is 1.09 bits per heavy atom. The molecule has 0 aliphatic heterocycles. The lowest BCUT2D eigenvalue weighted by molar-refractivity contribution is -0.143. The van der Waals surface area contributed by atoms with Crippen molar-refractivity contribution in [3.05, 3.63) is 76.8 Å². The first-order chi connectivity index (χ1) is 16.4. The number of nitrogens with zero attached hydrogens (tertiary/aromatic N) is 2. The fourth-order valence-electron chi connectivity index (χ4n) is 3.03. The number of aromatic nitrogens is 1. The highest BCUT2D eigenvalue weighted by Crippen LogP contribution is 2.23. The monoisotopic (exact) mass is 480 g/mol. The molecule has 0 saturated heterocycles. The maximum Gasteiger partial charge on any atom is 0.308 e. The van der Waals surface area contributed by atoms with Gasteiger partial charge in [0, 0.05) is 11.3 Å². The Labute approximate surface area is 200 Å². The number of aliphatic imine (C=N–C) groups is 1. The van der Waals surface area contributed by atoms with Crippen molar-refractivity contribution in [3.63, 3.8) is 0 Å². The van der Waals surface area contributed by atoms with E-state index in [1.54, 1.807) is 25.1 Å². The number of esters is 1. The zero-order valence-electron chi connectivity index (χ0n) is 18.4. The molecule has 1 heterocycles. The number of nitrogens with one attached hydrogen (secondary N) is 2. The van der Waals surface area contributed by atoms with E-state index in [1.165, 1.54) is 12.3 Å². The van der Waals surface area contributed by atoms with E-state index in [1.807, 2.05) is 30.3 Å². The predicted octanol–water partition coefficient (Wildman–Crippen LogP) is 2.72. The smallest absolute Gasteiger partial charge is 0.308 e. The van der Waals surface area contributed by atoms with Gasteiger partial charge < -0.3 is 26.8 Å². The van der Waals surface area contributed by atoms with Gasteiger partial charge in [-0.2, -0.15) is 4.99 Å². The number of guanidine groups is 1. The molecule has 0 aliphatic carbocycles. The Morgan fingerprint density at radius 3 is 2.56 bits per heavy atom. The van der Waals surface area contributed by atoms with E-state index in [0.29, 0.717) is 16.1 Å². The molecule has 0 bridgehead atoms. The number of nitrogens with two attached hydrogens (primary N) is 2. The zero-order valence-corrected chi connectivity index (χ0v) is 19.2. The van der Waals surface area contributed by atoms with Crippen molar-refractivity contribution in [1.29, 1.82) is 0 Å². The third-order valence-corrected chi connectivity index (χ3v) is 5.40. The number of amides is 2. The first-order valence-corrected chi connectivity index (χ1v) is 11.2. The van der Waals surface area contributed by atoms with Gasteiger partial charge in [-0.3, -0.25) is 14.4 Å². The van der Waals surface area contributed by atoms with Crippen molar-refractivity contribution < 1.29 is 19.1 Å². The molecule has 176 valence electrons. The predicted molar refractivity (Wildman–Crippen MR) is 130 cm³/mol. The summed E-state index contributed by atoms with van der Waals surface area (Å²) in [5.41, 5.74) is 12.1. The molecular weight excluding hydrogens is 456 g/mol. The molecule has 11 heteroatoms. The van der Waals surface area contributed by atoms with Crippen LogP contribution in [-0.2, 0) is 9.53 Å². The summed E-state index contributed by atoms with van der Waals surface area (Å²) in [6.45, 7) is 1.98. The van der Waals surface area contributed by atoms with E-state index in [0.717, 1.165) is 16.9 Å². The van der Waals surface area contributed by atoms with Crippen LogP contribution in [0.3, 0.4) is 0 Å². The number of rotatable bonds is 9. The normalized spacial score (nSPS) is 11.2. The van der Waals surface area contributed by atoms with Crippen LogP contribution in [0.4, 0.5) is 10.8 Å². The van der Waals surface area contributed by atoms with Gasteiger partial charge in [-0.1, -0.05) is 47.7 Å². The fraction of sp³-hybridized carbons (Fsp3) is 0.174. The Bertz CT molecular complexity index is 1190. The van der Waals surface area contributed by atoms with Gasteiger partial charge in [0.05, 0.1) is 25.3 Å². The number of hydrogen-bond acceptors (Lipinski definition) is 7. The second-order valence-corrected chi connectivity index (χ2v) is 8.03. The highest BCUT2D eigenvalue weighted by Gasteiger charge is 2.20. The molecule has 10 nitrogen and oxygen atoms in total. The Hall–Kier alpha value is -4.25. The van der Waals surface area contributed by atoms with Crippen molar-refractivity contribution in [2.75, 3.05) is 11.9 Å². The van der Waals surface area contributed by atoms with Crippen molar-refractivity contribution in [2.45, 2.75) is 19.4 Å². The molecule has 0 fully saturated rings. The molecule has 0 spiro atoms. The minimum absolute atomic E-state index is 0.0104. The third-order valence-electron chi connectivity index (χ3n) is 4.51. The van der Waals surface area contributed by atoms with Gasteiger partial charge in [-0.15, -0.1) is 0 Å². The van der Waals surface area contributed by atoms with Crippen LogP contribution in [0.2, 0.25) is 0 Å². The molecule has 3 aromatic rings. The average molecular weight is 481 g/mol. The molecular formula is C23H24N6O4S. The van der Waals surface area contributed by atoms with E-state index in [4.69, 9.17) is 16.2 Å². The first kappa shape index (κ1) is 24.4. The molecule has 2 amide bonds. The van der Waals surface area contributed by atoms with E-state index in [-0.39, 0.29) is 24.1 Å². The minimum Gasteiger partial charge on any atom is -0.466 e. The third kappa shape index (κ3) is 6.87. The van der Waals surface area contributed by atoms with E-state index in [2.05, 4.69) is 20.6 Å². The van der Waals surface area contributed by atoms with Crippen molar-refractivity contribution in [2.24, 2.45) is 16.5 Å². The van der Waals surface area contributed by atoms with Gasteiger partial charge in [0.1, 0.15) is 4.88 Å². The highest BCUT2D eigenvalue weighted by atomic mass is 32.1. The number of carbonyl (C=O) groups excluding carboxylic acids is 3. The Morgan fingerprint density at radius 2 is 1.85 bits per heavy atom. The summed E-state index contributed by atoms with van der Waals surface area (Å²) < 4.78 is 5.05. The topological polar surface area (TPSA) is 162 Å². The highest BCUT2D eigenvalue weighted by molar-refractivity contribution is 7.17. The first-order valence-electron chi connectivity index (χ1n) is 10.3. The largest absolute Gasteiger partial charge is 0.466 e. The van der Waals surface area contributed by atoms with Crippen LogP contribution in [0.1, 0.15) is 45.0 Å². The van der Waals surface area contributed by atoms with Crippen LogP contribution in [0.15, 0.2) is 65.8 Å². The van der Waals surface area contributed by atoms with Crippen molar-refractivity contribution in [3.8, 4) is 0 Å². The molecule has 1 unspecified atom stereocenters. The average Bonchev–Trinajstić information content (AvgIpc) is 3.27. The number of carbonyl (C=O) groups is 3. The second kappa shape index (κ2) is 11.6. The van der Waals surface area contributed by atoms with Gasteiger partial charge in [0.2, 0.25) is 5.13 Å². The fourth-order valence-corrected chi connectivity index (χ4v) is 3.73. The van der Waals surface area contributed by atoms with Gasteiger partial charge in [0.25, 0.3) is 11.8 Å². The van der Waals surface area contributed by atoms with Crippen LogP contribution < -0.4 is 22.1 Å². The molecule has 3 rings (SSSR count). The van der Waals surface area contributed by atoms with E-state index < -0.39 is 23.8 Å². The van der Waals surface area contributed by atoms with Crippen LogP contribution in [0.25, 0.3) is 0 Å². The quantitative estimate of drug-likeness (QED) is 0.208. The lowest BCUT2D eigenvalue weighted by atomic mass is 10.0. The summed E-state index contributed by atoms with van der Waals surface area (Å²) in [4.78, 5) is 45.6. The van der Waals surface area contributed by atoms with Crippen LogP contribution in [-0.4, -0.2) is 35.3 Å². The van der Waals surface area contributed by atoms with Crippen LogP contribution in [0, 0.1) is 0 Å². The van der Waals surface area contributed by atoms with Crippen LogP contribution >= 0.6 is 11.3 Å². The molecule has 34 heavy (non-hydrogen) atoms. The number of anilines is 1. The van der Waals surface area contributed by atoms with Crippen molar-refractivity contribution in [1.82, 2.24) is 10.3 Å². The molecule has 1 aromatic heterocycles. The maximum absolute atomic E-state index is 13.0. The minimum atomic E-state index is -0.572. The molecule has 1 atom stereocenters. The van der Waals surface area contributed by atoms with Gasteiger partial charge in [-0.25, -0.2) is 4.98 Å². The number of hydrogen-bond donors (Lipinski definition) is 4. The molecule has 2 aromatic carbocycles. The summed E-state index contributed by atoms with van der Waals surface area (Å²) >= 11 is 1.02. The zero-order chi connectivity index (χ0) is 24.5. The number of thiazole rings is 1. The lowest BCUT2D eigenvalue weighted by Crippen LogP contribution is -2.30. The molecule has 0 aliphatic rings. The summed E-state index contributed by atoms with van der Waals surface area (Å²) in [6.07, 6.45) is 1.35. The van der Waals surface area contributed by atoms with Crippen molar-refractivity contribution >= 4 is 45.9 Å². The summed E-state index contributed by atoms with van der Waals surface area (Å²) in [6, 6.07) is 15.0. The molecule has 0 saturated carbocycles. The molecule has 6 N–H and O–H groups in total. The summed E-state index contributed by atoms with van der Waals surface area (Å²) in [5.74, 6) is -1.39. The Balaban J connectivity index is 1.72. The lowest BCUT2D eigenvalue weighted by Gasteiger charge is -2.19. The van der Waals surface area contributed by atoms with Crippen LogP contribution in [0.5, 0.6) is 0 Å². The SMILES string of the molecule is CCOC(=O)CC(NC(=O)c1cccc(NC(=O)c2cnc(N=C(N)N)s2)c1)c1ccccc1. The molecule has 0 radical (unpaired) electrons. The maximum atomic E-state index is 13.0. The number of benzene rings is 2. The van der Waals surface area contributed by atoms with E-state index in [9.17, 15) is 14.4 Å². The van der Waals surface area contributed by atoms with Gasteiger partial charge >= 0.3 is 5.97 Å². The standard InChI is InChI=1S/C23H24N6O4S/c1-2-33-19(30)12-17(14-7-4-3-5-8-14)28-20(31)15-9-6-10-16(11-15)27-21(32)18-13-26-23(34-18)29-22(24)25/h3-11,13,17H,2,12H2,1H3,(H,27,32)(H,28,31)(H4,24,25,26,29).